The van der Waals surface area contributed by atoms with E-state index in [1.165, 1.54) is 11.3 Å². The van der Waals surface area contributed by atoms with Crippen LogP contribution in [0.25, 0.3) is 0 Å². The Kier molecular flexibility index (Phi) is 4.85. The SMILES string of the molecule is C=CCC1N(CC=C)c2ccccc2C1(CC=C)CC=C. The maximum Gasteiger partial charge on any atom is 0.0431 e. The lowest BCUT2D eigenvalue weighted by molar-refractivity contribution is 0.361. The molecule has 1 atom stereocenters. The fourth-order valence-corrected chi connectivity index (χ4v) is 3.76. The Bertz CT molecular complexity index is 531. The minimum absolute atomic E-state index is 0.0390. The van der Waals surface area contributed by atoms with E-state index in [2.05, 4.69) is 55.5 Å². The Labute approximate surface area is 129 Å². The van der Waals surface area contributed by atoms with Crippen LogP contribution >= 0.6 is 0 Å². The van der Waals surface area contributed by atoms with Crippen molar-refractivity contribution in [2.45, 2.75) is 30.7 Å². The smallest absolute Gasteiger partial charge is 0.0431 e. The molecule has 0 aliphatic carbocycles. The standard InChI is InChI=1S/C20H25N/c1-5-11-19-20(14-6-2,15-7-3)17-12-9-10-13-18(17)21(19)16-8-4/h5-10,12-13,19H,1-4,11,14-16H2. The number of hydrogen-bond donors (Lipinski definition) is 0. The van der Waals surface area contributed by atoms with E-state index in [9.17, 15) is 0 Å². The zero-order valence-electron chi connectivity index (χ0n) is 12.8. The van der Waals surface area contributed by atoms with Gasteiger partial charge in [-0.05, 0) is 30.9 Å². The van der Waals surface area contributed by atoms with Gasteiger partial charge in [0.2, 0.25) is 0 Å². The molecule has 0 amide bonds. The average Bonchev–Trinajstić information content (AvgIpc) is 2.73. The van der Waals surface area contributed by atoms with Gasteiger partial charge in [-0.2, -0.15) is 0 Å². The van der Waals surface area contributed by atoms with Crippen LogP contribution in [-0.2, 0) is 5.41 Å². The molecule has 2 rings (SSSR count). The van der Waals surface area contributed by atoms with Gasteiger partial charge in [0.25, 0.3) is 0 Å². The number of anilines is 1. The lowest BCUT2D eigenvalue weighted by Crippen LogP contribution is -2.44. The number of rotatable bonds is 8. The Morgan fingerprint density at radius 3 is 2.19 bits per heavy atom. The van der Waals surface area contributed by atoms with Crippen molar-refractivity contribution in [1.82, 2.24) is 0 Å². The molecular formula is C20H25N. The molecule has 0 saturated carbocycles. The van der Waals surface area contributed by atoms with Gasteiger partial charge >= 0.3 is 0 Å². The van der Waals surface area contributed by atoms with E-state index in [-0.39, 0.29) is 5.41 Å². The number of nitrogens with zero attached hydrogens (tertiary/aromatic N) is 1. The van der Waals surface area contributed by atoms with Crippen molar-refractivity contribution in [3.63, 3.8) is 0 Å². The Morgan fingerprint density at radius 2 is 1.62 bits per heavy atom. The summed E-state index contributed by atoms with van der Waals surface area (Å²) in [5.74, 6) is 0. The highest BCUT2D eigenvalue weighted by atomic mass is 15.2. The Balaban J connectivity index is 2.62. The van der Waals surface area contributed by atoms with Gasteiger partial charge in [-0.1, -0.05) is 42.5 Å². The van der Waals surface area contributed by atoms with Crippen molar-refractivity contribution in [1.29, 1.82) is 0 Å². The van der Waals surface area contributed by atoms with E-state index in [1.807, 2.05) is 24.3 Å². The third-order valence-electron chi connectivity index (χ3n) is 4.50. The third kappa shape index (κ3) is 2.49. The van der Waals surface area contributed by atoms with Crippen molar-refractivity contribution >= 4 is 5.69 Å². The van der Waals surface area contributed by atoms with Crippen LogP contribution < -0.4 is 4.90 Å². The summed E-state index contributed by atoms with van der Waals surface area (Å²) in [6, 6.07) is 9.07. The monoisotopic (exact) mass is 279 g/mol. The lowest BCUT2D eigenvalue weighted by Gasteiger charge is -2.38. The van der Waals surface area contributed by atoms with E-state index in [1.54, 1.807) is 0 Å². The highest BCUT2D eigenvalue weighted by molar-refractivity contribution is 5.65. The average molecular weight is 279 g/mol. The van der Waals surface area contributed by atoms with Crippen molar-refractivity contribution in [3.05, 3.63) is 80.4 Å². The predicted molar refractivity (Wildman–Crippen MR) is 93.9 cm³/mol. The summed E-state index contributed by atoms with van der Waals surface area (Å²) in [5.41, 5.74) is 2.75. The molecule has 1 aromatic rings. The van der Waals surface area contributed by atoms with E-state index in [0.29, 0.717) is 6.04 Å². The zero-order chi connectivity index (χ0) is 15.3. The first kappa shape index (κ1) is 15.4. The van der Waals surface area contributed by atoms with Crippen LogP contribution in [0.15, 0.2) is 74.9 Å². The normalized spacial score (nSPS) is 18.9. The predicted octanol–water partition coefficient (Wildman–Crippen LogP) is 5.03. The molecule has 0 bridgehead atoms. The molecule has 0 aromatic heterocycles. The summed E-state index contributed by atoms with van der Waals surface area (Å²) in [7, 11) is 0. The van der Waals surface area contributed by atoms with Crippen LogP contribution in [-0.4, -0.2) is 12.6 Å². The van der Waals surface area contributed by atoms with Gasteiger partial charge in [0.05, 0.1) is 0 Å². The van der Waals surface area contributed by atoms with E-state index in [0.717, 1.165) is 25.8 Å². The van der Waals surface area contributed by atoms with Crippen molar-refractivity contribution < 1.29 is 0 Å². The van der Waals surface area contributed by atoms with Gasteiger partial charge in [0.15, 0.2) is 0 Å². The number of allylic oxidation sites excluding steroid dienone is 2. The molecule has 1 heteroatoms. The topological polar surface area (TPSA) is 3.24 Å². The second-order valence-corrected chi connectivity index (χ2v) is 5.64. The summed E-state index contributed by atoms with van der Waals surface area (Å²) in [5, 5.41) is 0. The minimum Gasteiger partial charge on any atom is -0.363 e. The van der Waals surface area contributed by atoms with Crippen LogP contribution in [0.3, 0.4) is 0 Å². The van der Waals surface area contributed by atoms with E-state index >= 15 is 0 Å². The van der Waals surface area contributed by atoms with Gasteiger partial charge in [-0.15, -0.1) is 26.3 Å². The lowest BCUT2D eigenvalue weighted by atomic mass is 9.70. The molecule has 21 heavy (non-hydrogen) atoms. The summed E-state index contributed by atoms with van der Waals surface area (Å²) in [4.78, 5) is 2.46. The molecular weight excluding hydrogens is 254 g/mol. The summed E-state index contributed by atoms with van der Waals surface area (Å²) in [6.07, 6.45) is 10.9. The molecule has 0 saturated heterocycles. The van der Waals surface area contributed by atoms with Gasteiger partial charge < -0.3 is 4.90 Å². The van der Waals surface area contributed by atoms with E-state index in [4.69, 9.17) is 0 Å². The zero-order valence-corrected chi connectivity index (χ0v) is 12.8. The molecule has 1 nitrogen and oxygen atoms in total. The molecule has 110 valence electrons. The minimum atomic E-state index is 0.0390. The Hall–Kier alpha value is -2.02. The third-order valence-corrected chi connectivity index (χ3v) is 4.50. The second-order valence-electron chi connectivity index (χ2n) is 5.64. The highest BCUT2D eigenvalue weighted by Gasteiger charge is 2.48. The molecule has 0 radical (unpaired) electrons. The van der Waals surface area contributed by atoms with Crippen LogP contribution in [0.5, 0.6) is 0 Å². The number of fused-ring (bicyclic) bond motifs is 1. The molecule has 0 spiro atoms. The maximum atomic E-state index is 3.99. The molecule has 0 fully saturated rings. The summed E-state index contributed by atoms with van der Waals surface area (Å²) in [6.45, 7) is 16.7. The summed E-state index contributed by atoms with van der Waals surface area (Å²) >= 11 is 0. The molecule has 1 aromatic carbocycles. The quantitative estimate of drug-likeness (QED) is 0.603. The Morgan fingerprint density at radius 1 is 0.952 bits per heavy atom. The van der Waals surface area contributed by atoms with Gasteiger partial charge in [0.1, 0.15) is 0 Å². The maximum absolute atomic E-state index is 3.99. The fraction of sp³-hybridized carbons (Fsp3) is 0.300. The molecule has 1 heterocycles. The van der Waals surface area contributed by atoms with Gasteiger partial charge in [-0.25, -0.2) is 0 Å². The molecule has 0 N–H and O–H groups in total. The molecule has 1 unspecified atom stereocenters. The van der Waals surface area contributed by atoms with E-state index < -0.39 is 0 Å². The first-order chi connectivity index (χ1) is 10.2. The molecule has 1 aliphatic heterocycles. The first-order valence-corrected chi connectivity index (χ1v) is 7.55. The highest BCUT2D eigenvalue weighted by Crippen LogP contribution is 2.51. The number of hydrogen-bond acceptors (Lipinski definition) is 1. The second kappa shape index (κ2) is 6.62. The fourth-order valence-electron chi connectivity index (χ4n) is 3.76. The molecule has 1 aliphatic rings. The number of para-hydroxylation sites is 1. The number of benzene rings is 1. The van der Waals surface area contributed by atoms with Crippen LogP contribution in [0.1, 0.15) is 24.8 Å². The summed E-state index contributed by atoms with van der Waals surface area (Å²) < 4.78 is 0. The van der Waals surface area contributed by atoms with Crippen LogP contribution in [0.2, 0.25) is 0 Å². The van der Waals surface area contributed by atoms with Gasteiger partial charge in [-0.3, -0.25) is 0 Å². The van der Waals surface area contributed by atoms with Crippen molar-refractivity contribution in [2.24, 2.45) is 0 Å². The van der Waals surface area contributed by atoms with Crippen LogP contribution in [0, 0.1) is 0 Å². The van der Waals surface area contributed by atoms with Crippen molar-refractivity contribution in [3.8, 4) is 0 Å². The van der Waals surface area contributed by atoms with Crippen LogP contribution in [0.4, 0.5) is 5.69 Å². The first-order valence-electron chi connectivity index (χ1n) is 7.55. The largest absolute Gasteiger partial charge is 0.363 e. The van der Waals surface area contributed by atoms with Gasteiger partial charge in [0, 0.05) is 23.7 Å². The van der Waals surface area contributed by atoms with Crippen molar-refractivity contribution in [2.75, 3.05) is 11.4 Å².